The fourth-order valence-electron chi connectivity index (χ4n) is 6.96. The minimum atomic E-state index is -4.73. The Morgan fingerprint density at radius 3 is 2.60 bits per heavy atom. The van der Waals surface area contributed by atoms with Crippen molar-refractivity contribution in [1.82, 2.24) is 40.4 Å². The number of hydrogen-bond acceptors (Lipinski definition) is 9. The predicted molar refractivity (Wildman–Crippen MR) is 148 cm³/mol. The smallest absolute Gasteiger partial charge is 0.370 e. The lowest BCUT2D eigenvalue weighted by Crippen LogP contribution is -2.61. The quantitative estimate of drug-likeness (QED) is 0.345. The number of ether oxygens (including phenoxy) is 1. The Hall–Kier alpha value is -4.22. The van der Waals surface area contributed by atoms with Crippen molar-refractivity contribution in [3.05, 3.63) is 41.1 Å². The Morgan fingerprint density at radius 1 is 1.15 bits per heavy atom. The average Bonchev–Trinajstić information content (AvgIpc) is 3.42. The van der Waals surface area contributed by atoms with Gasteiger partial charge in [0, 0.05) is 38.1 Å². The second-order valence-electron chi connectivity index (χ2n) is 12.8. The maximum atomic E-state index is 14.1. The molecule has 0 bridgehead atoms. The van der Waals surface area contributed by atoms with Gasteiger partial charge < -0.3 is 20.3 Å². The molecule has 2 aliphatic carbocycles. The topological polar surface area (TPSA) is 157 Å². The molecule has 2 N–H and O–H groups in total. The molecule has 47 heavy (non-hydrogen) atoms. The standard InChI is InChI=1S/C29H31F5N8O5/c30-28(31)5-3-17(4-6-28)22(38-25(44)24-23(16-1-2-16)39-47-40-24)18-13-42-20(36-18)9-15(12-35-42)10-27(41-7-8-46-14-21(41)43)11-19(29(32,33)34)37-26(27)45/h9,12-13,16-17,19,22H,1-8,10-11,14H2,(H,37,45)(H,38,44)/t19-,22-,27+/m0/s1. The summed E-state index contributed by atoms with van der Waals surface area (Å²) in [5.74, 6) is -5.26. The number of carbonyl (C=O) groups is 3. The van der Waals surface area contributed by atoms with Gasteiger partial charge in [0.2, 0.25) is 17.7 Å². The van der Waals surface area contributed by atoms with Gasteiger partial charge in [-0.25, -0.2) is 22.9 Å². The van der Waals surface area contributed by atoms with Crippen molar-refractivity contribution in [3.8, 4) is 0 Å². The monoisotopic (exact) mass is 666 g/mol. The van der Waals surface area contributed by atoms with E-state index in [0.29, 0.717) is 17.0 Å². The lowest BCUT2D eigenvalue weighted by Gasteiger charge is -2.41. The van der Waals surface area contributed by atoms with Crippen LogP contribution in [-0.4, -0.2) is 91.0 Å². The molecule has 4 fully saturated rings. The van der Waals surface area contributed by atoms with Crippen molar-refractivity contribution in [3.63, 3.8) is 0 Å². The van der Waals surface area contributed by atoms with E-state index in [1.807, 2.05) is 5.32 Å². The molecule has 3 aromatic heterocycles. The number of alkyl halides is 5. The molecule has 4 aliphatic rings. The van der Waals surface area contributed by atoms with Crippen molar-refractivity contribution in [1.29, 1.82) is 0 Å². The van der Waals surface area contributed by atoms with Gasteiger partial charge in [-0.1, -0.05) is 5.16 Å². The number of aromatic nitrogens is 5. The summed E-state index contributed by atoms with van der Waals surface area (Å²) in [6, 6.07) is -1.41. The number of nitrogens with one attached hydrogen (secondary N) is 2. The number of imidazole rings is 1. The highest BCUT2D eigenvalue weighted by Crippen LogP contribution is 2.43. The lowest BCUT2D eigenvalue weighted by atomic mass is 9.81. The number of amides is 3. The lowest BCUT2D eigenvalue weighted by molar-refractivity contribution is -0.160. The van der Waals surface area contributed by atoms with Crippen molar-refractivity contribution in [2.75, 3.05) is 19.8 Å². The minimum absolute atomic E-state index is 0.0257. The first-order valence-electron chi connectivity index (χ1n) is 15.4. The molecule has 2 saturated carbocycles. The van der Waals surface area contributed by atoms with Gasteiger partial charge in [-0.2, -0.15) is 18.3 Å². The molecule has 5 heterocycles. The zero-order valence-corrected chi connectivity index (χ0v) is 24.9. The van der Waals surface area contributed by atoms with Gasteiger partial charge in [0.1, 0.15) is 23.9 Å². The number of rotatable bonds is 8. The Morgan fingerprint density at radius 2 is 1.91 bits per heavy atom. The Bertz CT molecular complexity index is 1700. The first-order chi connectivity index (χ1) is 22.3. The molecule has 7 rings (SSSR count). The summed E-state index contributed by atoms with van der Waals surface area (Å²) in [6.07, 6.45) is -1.58. The predicted octanol–water partition coefficient (Wildman–Crippen LogP) is 2.88. The van der Waals surface area contributed by atoms with Crippen LogP contribution in [0.2, 0.25) is 0 Å². The van der Waals surface area contributed by atoms with Gasteiger partial charge in [-0.15, -0.1) is 0 Å². The van der Waals surface area contributed by atoms with Crippen LogP contribution in [0.15, 0.2) is 23.1 Å². The van der Waals surface area contributed by atoms with E-state index >= 15 is 0 Å². The highest BCUT2D eigenvalue weighted by atomic mass is 19.4. The summed E-state index contributed by atoms with van der Waals surface area (Å²) in [4.78, 5) is 45.2. The van der Waals surface area contributed by atoms with Crippen molar-refractivity contribution >= 4 is 23.4 Å². The molecule has 3 atom stereocenters. The van der Waals surface area contributed by atoms with E-state index in [1.54, 1.807) is 6.20 Å². The highest BCUT2D eigenvalue weighted by molar-refractivity contribution is 5.95. The van der Waals surface area contributed by atoms with Crippen molar-refractivity contribution < 1.29 is 45.7 Å². The average molecular weight is 667 g/mol. The molecule has 2 saturated heterocycles. The van der Waals surface area contributed by atoms with E-state index < -0.39 is 59.8 Å². The number of fused-ring (bicyclic) bond motifs is 1. The van der Waals surface area contributed by atoms with Gasteiger partial charge in [0.05, 0.1) is 30.7 Å². The van der Waals surface area contributed by atoms with Crippen LogP contribution in [-0.2, 0) is 20.7 Å². The minimum Gasteiger partial charge on any atom is -0.370 e. The summed E-state index contributed by atoms with van der Waals surface area (Å²) in [6.45, 7) is -0.365. The summed E-state index contributed by atoms with van der Waals surface area (Å²) < 4.78 is 80.8. The molecule has 0 spiro atoms. The third-order valence-corrected chi connectivity index (χ3v) is 9.59. The van der Waals surface area contributed by atoms with Crippen molar-refractivity contribution in [2.24, 2.45) is 5.92 Å². The van der Waals surface area contributed by atoms with Crippen LogP contribution in [0, 0.1) is 5.92 Å². The largest absolute Gasteiger partial charge is 0.408 e. The van der Waals surface area contributed by atoms with Crippen molar-refractivity contribution in [2.45, 2.75) is 87.0 Å². The van der Waals surface area contributed by atoms with E-state index in [9.17, 15) is 36.3 Å². The zero-order valence-electron chi connectivity index (χ0n) is 24.9. The molecular formula is C29H31F5N8O5. The van der Waals surface area contributed by atoms with Crippen LogP contribution in [0.3, 0.4) is 0 Å². The van der Waals surface area contributed by atoms with Gasteiger partial charge in [-0.05, 0) is 48.4 Å². The van der Waals surface area contributed by atoms with E-state index in [2.05, 4.69) is 25.7 Å². The van der Waals surface area contributed by atoms with Gasteiger partial charge in [-0.3, -0.25) is 14.4 Å². The summed E-state index contributed by atoms with van der Waals surface area (Å²) in [5.41, 5.74) is -0.463. The number of nitrogens with zero attached hydrogens (tertiary/aromatic N) is 6. The zero-order chi connectivity index (χ0) is 33.1. The van der Waals surface area contributed by atoms with E-state index in [0.717, 1.165) is 17.7 Å². The van der Waals surface area contributed by atoms with Gasteiger partial charge in [0.25, 0.3) is 5.91 Å². The van der Waals surface area contributed by atoms with Crippen LogP contribution < -0.4 is 10.6 Å². The first kappa shape index (κ1) is 31.4. The molecule has 13 nitrogen and oxygen atoms in total. The Kier molecular flexibility index (Phi) is 7.67. The van der Waals surface area contributed by atoms with Gasteiger partial charge in [0.15, 0.2) is 11.3 Å². The molecule has 18 heteroatoms. The number of hydrogen-bond donors (Lipinski definition) is 2. The Labute approximate surface area is 263 Å². The fraction of sp³-hybridized carbons (Fsp3) is 0.621. The number of halogens is 5. The molecule has 2 aliphatic heterocycles. The van der Waals surface area contributed by atoms with Crippen LogP contribution in [0.1, 0.15) is 84.3 Å². The molecule has 3 aromatic rings. The van der Waals surface area contributed by atoms with E-state index in [1.165, 1.54) is 16.8 Å². The molecular weight excluding hydrogens is 635 g/mol. The Balaban J connectivity index is 1.19. The van der Waals surface area contributed by atoms with Crippen LogP contribution in [0.25, 0.3) is 5.65 Å². The number of morpholine rings is 1. The fourth-order valence-corrected chi connectivity index (χ4v) is 6.96. The molecule has 0 aromatic carbocycles. The maximum Gasteiger partial charge on any atom is 0.408 e. The van der Waals surface area contributed by atoms with Gasteiger partial charge >= 0.3 is 6.18 Å². The molecule has 0 radical (unpaired) electrons. The van der Waals surface area contributed by atoms with Crippen LogP contribution in [0.5, 0.6) is 0 Å². The summed E-state index contributed by atoms with van der Waals surface area (Å²) in [7, 11) is 0. The maximum absolute atomic E-state index is 14.1. The molecule has 0 unspecified atom stereocenters. The summed E-state index contributed by atoms with van der Waals surface area (Å²) in [5, 5.41) is 16.9. The van der Waals surface area contributed by atoms with Crippen LogP contribution in [0.4, 0.5) is 22.0 Å². The highest BCUT2D eigenvalue weighted by Gasteiger charge is 2.59. The first-order valence-corrected chi connectivity index (χ1v) is 15.4. The second kappa shape index (κ2) is 11.5. The summed E-state index contributed by atoms with van der Waals surface area (Å²) >= 11 is 0. The number of carbonyl (C=O) groups excluding carboxylic acids is 3. The molecule has 252 valence electrons. The second-order valence-corrected chi connectivity index (χ2v) is 12.8. The van der Waals surface area contributed by atoms with Crippen LogP contribution >= 0.6 is 0 Å². The third-order valence-electron chi connectivity index (χ3n) is 9.59. The normalized spacial score (nSPS) is 26.1. The van der Waals surface area contributed by atoms with E-state index in [4.69, 9.17) is 9.37 Å². The third kappa shape index (κ3) is 6.02. The SMILES string of the molecule is O=C(N[C@H](c1cn2ncc(C[C@@]3(N4CCOCC4=O)C[C@@H](C(F)(F)F)NC3=O)cc2n1)C1CCC(F)(F)CC1)c1nonc1C1CC1. The molecule has 3 amide bonds. The van der Waals surface area contributed by atoms with E-state index in [-0.39, 0.29) is 69.1 Å².